The lowest BCUT2D eigenvalue weighted by molar-refractivity contribution is 0.234. The fraction of sp³-hybridized carbons (Fsp3) is 0.643. The number of H-pyrrole nitrogens is 1. The summed E-state index contributed by atoms with van der Waals surface area (Å²) in [5.74, 6) is 1.20. The number of aromatic nitrogens is 2. The van der Waals surface area contributed by atoms with E-state index < -0.39 is 5.69 Å². The van der Waals surface area contributed by atoms with Crippen molar-refractivity contribution in [3.63, 3.8) is 0 Å². The number of hydrogen-bond acceptors (Lipinski definition) is 4. The number of aromatic amines is 1. The van der Waals surface area contributed by atoms with E-state index in [-0.39, 0.29) is 11.1 Å². The Hall–Kier alpha value is -1.83. The summed E-state index contributed by atoms with van der Waals surface area (Å²) in [4.78, 5) is 17.5. The molecule has 1 aromatic rings. The van der Waals surface area contributed by atoms with Crippen molar-refractivity contribution in [1.82, 2.24) is 9.97 Å². The molecule has 0 bridgehead atoms. The van der Waals surface area contributed by atoms with Gasteiger partial charge in [-0.3, -0.25) is 4.98 Å². The van der Waals surface area contributed by atoms with Crippen LogP contribution in [0.4, 0.5) is 5.82 Å². The Labute approximate surface area is 113 Å². The van der Waals surface area contributed by atoms with Crippen LogP contribution in [0.25, 0.3) is 0 Å². The van der Waals surface area contributed by atoms with Gasteiger partial charge >= 0.3 is 5.69 Å². The Morgan fingerprint density at radius 1 is 1.53 bits per heavy atom. The van der Waals surface area contributed by atoms with Gasteiger partial charge in [-0.2, -0.15) is 10.2 Å². The summed E-state index contributed by atoms with van der Waals surface area (Å²) in [6.45, 7) is 5.25. The van der Waals surface area contributed by atoms with Gasteiger partial charge in [0.05, 0.1) is 0 Å². The van der Waals surface area contributed by atoms with Gasteiger partial charge in [-0.25, -0.2) is 4.79 Å². The highest BCUT2D eigenvalue weighted by Crippen LogP contribution is 2.39. The van der Waals surface area contributed by atoms with Crippen LogP contribution in [0.1, 0.15) is 45.2 Å². The van der Waals surface area contributed by atoms with E-state index in [0.717, 1.165) is 12.5 Å². The number of nitriles is 1. The van der Waals surface area contributed by atoms with Crippen LogP contribution in [-0.2, 0) is 0 Å². The first-order chi connectivity index (χ1) is 9.01. The summed E-state index contributed by atoms with van der Waals surface area (Å²) in [6.07, 6.45) is 5.19. The lowest BCUT2D eigenvalue weighted by Crippen LogP contribution is -2.31. The van der Waals surface area contributed by atoms with Gasteiger partial charge in [0.15, 0.2) is 0 Å². The average Bonchev–Trinajstić information content (AvgIpc) is 2.90. The maximum Gasteiger partial charge on any atom is 0.347 e. The van der Waals surface area contributed by atoms with E-state index in [1.54, 1.807) is 6.07 Å². The molecule has 5 heteroatoms. The Morgan fingerprint density at radius 3 is 2.84 bits per heavy atom. The Balaban J connectivity index is 2.04. The van der Waals surface area contributed by atoms with Gasteiger partial charge in [-0.1, -0.05) is 26.7 Å². The van der Waals surface area contributed by atoms with Crippen molar-refractivity contribution >= 4 is 5.82 Å². The van der Waals surface area contributed by atoms with E-state index in [2.05, 4.69) is 29.1 Å². The lowest BCUT2D eigenvalue weighted by atomic mass is 9.78. The summed E-state index contributed by atoms with van der Waals surface area (Å²) in [6, 6.07) is 3.50. The molecule has 1 heterocycles. The predicted octanol–water partition coefficient (Wildman–Crippen LogP) is 2.27. The third-order valence-electron chi connectivity index (χ3n) is 4.05. The molecule has 1 saturated carbocycles. The molecule has 2 rings (SSSR count). The second-order valence-electron chi connectivity index (χ2n) is 5.92. The van der Waals surface area contributed by atoms with Crippen molar-refractivity contribution in [2.24, 2.45) is 11.3 Å². The van der Waals surface area contributed by atoms with Crippen molar-refractivity contribution in [2.75, 3.05) is 11.9 Å². The highest BCUT2D eigenvalue weighted by Gasteiger charge is 2.31. The molecule has 0 unspecified atom stereocenters. The Kier molecular flexibility index (Phi) is 3.89. The zero-order valence-corrected chi connectivity index (χ0v) is 11.5. The van der Waals surface area contributed by atoms with Gasteiger partial charge in [-0.05, 0) is 24.2 Å². The molecule has 0 spiro atoms. The normalized spacial score (nSPS) is 16.3. The van der Waals surface area contributed by atoms with Crippen LogP contribution >= 0.6 is 0 Å². The topological polar surface area (TPSA) is 81.6 Å². The van der Waals surface area contributed by atoms with E-state index in [1.807, 2.05) is 6.07 Å². The molecule has 102 valence electrons. The second-order valence-corrected chi connectivity index (χ2v) is 5.92. The number of rotatable bonds is 4. The molecule has 0 atom stereocenters. The molecule has 0 amide bonds. The van der Waals surface area contributed by atoms with Crippen molar-refractivity contribution < 1.29 is 0 Å². The molecular weight excluding hydrogens is 240 g/mol. The summed E-state index contributed by atoms with van der Waals surface area (Å²) in [5, 5.41) is 12.0. The minimum atomic E-state index is -0.486. The highest BCUT2D eigenvalue weighted by atomic mass is 16.1. The van der Waals surface area contributed by atoms with Crippen molar-refractivity contribution in [3.05, 3.63) is 22.2 Å². The smallest absolute Gasteiger partial charge is 0.347 e. The molecule has 0 saturated heterocycles. The Morgan fingerprint density at radius 2 is 2.21 bits per heavy atom. The molecule has 1 aliphatic carbocycles. The average molecular weight is 260 g/mol. The Bertz CT molecular complexity index is 535. The molecule has 2 N–H and O–H groups in total. The van der Waals surface area contributed by atoms with Gasteiger partial charge in [-0.15, -0.1) is 0 Å². The molecular formula is C14H20N4O. The van der Waals surface area contributed by atoms with E-state index in [0.29, 0.717) is 5.82 Å². The molecule has 1 aromatic heterocycles. The monoisotopic (exact) mass is 260 g/mol. The quantitative estimate of drug-likeness (QED) is 0.870. The first-order valence-electron chi connectivity index (χ1n) is 6.76. The van der Waals surface area contributed by atoms with E-state index >= 15 is 0 Å². The zero-order valence-electron chi connectivity index (χ0n) is 11.5. The third-order valence-corrected chi connectivity index (χ3v) is 4.05. The first kappa shape index (κ1) is 13.6. The van der Waals surface area contributed by atoms with Crippen LogP contribution in [-0.4, -0.2) is 16.5 Å². The van der Waals surface area contributed by atoms with E-state index in [4.69, 9.17) is 5.26 Å². The van der Waals surface area contributed by atoms with Gasteiger partial charge in [0.1, 0.15) is 17.6 Å². The molecule has 1 aliphatic rings. The van der Waals surface area contributed by atoms with Crippen LogP contribution in [0.5, 0.6) is 0 Å². The van der Waals surface area contributed by atoms with Gasteiger partial charge in [0.2, 0.25) is 0 Å². The number of hydrogen-bond donors (Lipinski definition) is 2. The van der Waals surface area contributed by atoms with Crippen LogP contribution in [0, 0.1) is 22.7 Å². The van der Waals surface area contributed by atoms with Gasteiger partial charge in [0, 0.05) is 12.6 Å². The molecule has 19 heavy (non-hydrogen) atoms. The number of anilines is 1. The summed E-state index contributed by atoms with van der Waals surface area (Å²) in [7, 11) is 0. The summed E-state index contributed by atoms with van der Waals surface area (Å²) >= 11 is 0. The van der Waals surface area contributed by atoms with Crippen LogP contribution in [0.3, 0.4) is 0 Å². The molecule has 0 aliphatic heterocycles. The minimum Gasteiger partial charge on any atom is -0.369 e. The van der Waals surface area contributed by atoms with Crippen LogP contribution in [0.2, 0.25) is 0 Å². The predicted molar refractivity (Wildman–Crippen MR) is 73.8 cm³/mol. The van der Waals surface area contributed by atoms with Crippen molar-refractivity contribution in [1.29, 1.82) is 5.26 Å². The number of nitrogens with zero attached hydrogens (tertiary/aromatic N) is 2. The number of nitrogens with one attached hydrogen (secondary N) is 2. The van der Waals surface area contributed by atoms with Gasteiger partial charge in [0.25, 0.3) is 0 Å². The van der Waals surface area contributed by atoms with Crippen LogP contribution in [0.15, 0.2) is 10.9 Å². The molecule has 0 radical (unpaired) electrons. The van der Waals surface area contributed by atoms with E-state index in [1.165, 1.54) is 25.7 Å². The zero-order chi connectivity index (χ0) is 13.9. The lowest BCUT2D eigenvalue weighted by Gasteiger charge is -2.32. The van der Waals surface area contributed by atoms with Crippen LogP contribution < -0.4 is 11.0 Å². The SMILES string of the molecule is CC(C)(CNc1cc(C#N)[nH]c(=O)n1)C1CCCC1. The fourth-order valence-corrected chi connectivity index (χ4v) is 2.78. The highest BCUT2D eigenvalue weighted by molar-refractivity contribution is 5.38. The van der Waals surface area contributed by atoms with Crippen molar-refractivity contribution in [3.8, 4) is 6.07 Å². The second kappa shape index (κ2) is 5.43. The molecule has 0 aromatic carbocycles. The standard InChI is InChI=1S/C14H20N4O/c1-14(2,10-5-3-4-6-10)9-16-12-7-11(8-15)17-13(19)18-12/h7,10H,3-6,9H2,1-2H3,(H2,16,17,18,19). The maximum atomic E-state index is 11.3. The largest absolute Gasteiger partial charge is 0.369 e. The fourth-order valence-electron chi connectivity index (χ4n) is 2.78. The first-order valence-corrected chi connectivity index (χ1v) is 6.76. The third kappa shape index (κ3) is 3.34. The summed E-state index contributed by atoms with van der Waals surface area (Å²) < 4.78 is 0. The summed E-state index contributed by atoms with van der Waals surface area (Å²) in [5.41, 5.74) is -0.0745. The minimum absolute atomic E-state index is 0.174. The van der Waals surface area contributed by atoms with Crippen molar-refractivity contribution in [2.45, 2.75) is 39.5 Å². The van der Waals surface area contributed by atoms with E-state index in [9.17, 15) is 4.79 Å². The molecule has 1 fully saturated rings. The maximum absolute atomic E-state index is 11.3. The molecule has 5 nitrogen and oxygen atoms in total. The van der Waals surface area contributed by atoms with Gasteiger partial charge < -0.3 is 5.32 Å².